The molecule has 1 unspecified atom stereocenters. The second kappa shape index (κ2) is 9.64. The first-order valence-electron chi connectivity index (χ1n) is 8.63. The lowest BCUT2D eigenvalue weighted by atomic mass is 9.95. The molecule has 1 aromatic carbocycles. The van der Waals surface area contributed by atoms with Gasteiger partial charge in [0.2, 0.25) is 5.91 Å². The molecule has 9 heteroatoms. The molecule has 0 aliphatic carbocycles. The third-order valence-electron chi connectivity index (χ3n) is 4.29. The van der Waals surface area contributed by atoms with Crippen molar-refractivity contribution in [1.29, 1.82) is 0 Å². The van der Waals surface area contributed by atoms with Crippen LogP contribution in [0.15, 0.2) is 24.3 Å². The van der Waals surface area contributed by atoms with Crippen molar-refractivity contribution in [3.05, 3.63) is 35.4 Å². The number of aliphatic carboxylic acids is 1. The number of aliphatic hydroxyl groups excluding tert-OH is 4. The van der Waals surface area contributed by atoms with Crippen LogP contribution >= 0.6 is 0 Å². The molecule has 28 heavy (non-hydrogen) atoms. The molecule has 2 rings (SSSR count). The van der Waals surface area contributed by atoms with E-state index in [1.807, 2.05) is 0 Å². The Hall–Kier alpha value is -2.48. The smallest absolute Gasteiger partial charge is 0.326 e. The van der Waals surface area contributed by atoms with Crippen molar-refractivity contribution in [2.75, 3.05) is 6.61 Å². The SMILES string of the molecule is CC(=O)NC(Cc1cccc(C#C[C@@H]2O[C@H](CO)[C@@H](O)[C@H](O)[C@H]2O)c1)C(=O)O. The molecule has 0 aromatic heterocycles. The van der Waals surface area contributed by atoms with Gasteiger partial charge in [-0.05, 0) is 17.7 Å². The van der Waals surface area contributed by atoms with E-state index in [0.717, 1.165) is 0 Å². The number of carboxylic acids is 1. The highest BCUT2D eigenvalue weighted by Gasteiger charge is 2.42. The van der Waals surface area contributed by atoms with Gasteiger partial charge in [-0.15, -0.1) is 0 Å². The third-order valence-corrected chi connectivity index (χ3v) is 4.29. The number of carbonyl (C=O) groups excluding carboxylic acids is 1. The van der Waals surface area contributed by atoms with Gasteiger partial charge in [0.25, 0.3) is 0 Å². The Labute approximate surface area is 161 Å². The molecule has 6 N–H and O–H groups in total. The maximum absolute atomic E-state index is 11.3. The maximum Gasteiger partial charge on any atom is 0.326 e. The molecule has 6 atom stereocenters. The van der Waals surface area contributed by atoms with Crippen molar-refractivity contribution in [2.45, 2.75) is 49.9 Å². The Bertz CT molecular complexity index is 769. The summed E-state index contributed by atoms with van der Waals surface area (Å²) in [5.41, 5.74) is 1.13. The number of hydrogen-bond acceptors (Lipinski definition) is 7. The number of benzene rings is 1. The van der Waals surface area contributed by atoms with E-state index in [1.165, 1.54) is 6.92 Å². The number of nitrogens with one attached hydrogen (secondary N) is 1. The Morgan fingerprint density at radius 1 is 1.21 bits per heavy atom. The van der Waals surface area contributed by atoms with Crippen LogP contribution in [0, 0.1) is 11.8 Å². The molecule has 0 spiro atoms. The van der Waals surface area contributed by atoms with Crippen LogP contribution in [0.3, 0.4) is 0 Å². The highest BCUT2D eigenvalue weighted by Crippen LogP contribution is 2.20. The van der Waals surface area contributed by atoms with Crippen LogP contribution in [0.1, 0.15) is 18.1 Å². The van der Waals surface area contributed by atoms with Gasteiger partial charge in [0.15, 0.2) is 0 Å². The number of ether oxygens (including phenoxy) is 1. The number of carbonyl (C=O) groups is 2. The van der Waals surface area contributed by atoms with E-state index in [9.17, 15) is 35.1 Å². The Kier molecular flexibility index (Phi) is 7.51. The predicted octanol–water partition coefficient (Wildman–Crippen LogP) is -1.99. The fraction of sp³-hybridized carbons (Fsp3) is 0.474. The van der Waals surface area contributed by atoms with E-state index in [-0.39, 0.29) is 6.42 Å². The average Bonchev–Trinajstić information content (AvgIpc) is 2.65. The molecule has 0 saturated carbocycles. The maximum atomic E-state index is 11.3. The minimum atomic E-state index is -1.51. The summed E-state index contributed by atoms with van der Waals surface area (Å²) < 4.78 is 5.31. The monoisotopic (exact) mass is 393 g/mol. The second-order valence-corrected chi connectivity index (χ2v) is 6.51. The highest BCUT2D eigenvalue weighted by atomic mass is 16.5. The minimum absolute atomic E-state index is 0.0600. The van der Waals surface area contributed by atoms with Gasteiger partial charge in [0.1, 0.15) is 36.6 Å². The second-order valence-electron chi connectivity index (χ2n) is 6.51. The average molecular weight is 393 g/mol. The van der Waals surface area contributed by atoms with Crippen LogP contribution in [-0.4, -0.2) is 80.6 Å². The molecule has 1 heterocycles. The zero-order valence-corrected chi connectivity index (χ0v) is 15.1. The van der Waals surface area contributed by atoms with E-state index in [1.54, 1.807) is 24.3 Å². The minimum Gasteiger partial charge on any atom is -0.480 e. The summed E-state index contributed by atoms with van der Waals surface area (Å²) in [5, 5.41) is 50.3. The van der Waals surface area contributed by atoms with Crippen LogP contribution < -0.4 is 5.32 Å². The van der Waals surface area contributed by atoms with Gasteiger partial charge in [-0.1, -0.05) is 24.0 Å². The number of hydrogen-bond donors (Lipinski definition) is 6. The van der Waals surface area contributed by atoms with Gasteiger partial charge in [-0.3, -0.25) is 4.79 Å². The number of carboxylic acid groups (broad SMARTS) is 1. The Balaban J connectivity index is 2.15. The molecule has 152 valence electrons. The molecule has 0 radical (unpaired) electrons. The Morgan fingerprint density at radius 2 is 1.93 bits per heavy atom. The fourth-order valence-electron chi connectivity index (χ4n) is 2.83. The van der Waals surface area contributed by atoms with Crippen molar-refractivity contribution >= 4 is 11.9 Å². The van der Waals surface area contributed by atoms with Crippen LogP contribution in [0.2, 0.25) is 0 Å². The molecule has 1 saturated heterocycles. The standard InChI is InChI=1S/C19H23NO8/c1-10(22)20-13(19(26)27)8-12-4-2-3-11(7-12)5-6-14-16(23)18(25)17(24)15(9-21)28-14/h2-4,7,13-18,21,23-25H,8-9H2,1H3,(H,20,22)(H,26,27)/t13?,14-,15+,16-,17+,18+/m0/s1. The van der Waals surface area contributed by atoms with Crippen LogP contribution in [0.4, 0.5) is 0 Å². The molecule has 0 bridgehead atoms. The molecule has 1 fully saturated rings. The molecule has 1 aromatic rings. The number of amides is 1. The van der Waals surface area contributed by atoms with E-state index >= 15 is 0 Å². The number of aliphatic hydroxyl groups is 4. The quantitative estimate of drug-likeness (QED) is 0.314. The van der Waals surface area contributed by atoms with Gasteiger partial charge < -0.3 is 35.6 Å². The molecule has 9 nitrogen and oxygen atoms in total. The zero-order chi connectivity index (χ0) is 20.8. The molecule has 1 aliphatic rings. The van der Waals surface area contributed by atoms with Gasteiger partial charge in [-0.2, -0.15) is 0 Å². The van der Waals surface area contributed by atoms with E-state index in [0.29, 0.717) is 11.1 Å². The van der Waals surface area contributed by atoms with Gasteiger partial charge in [0.05, 0.1) is 6.61 Å². The Morgan fingerprint density at radius 3 is 2.54 bits per heavy atom. The lowest BCUT2D eigenvalue weighted by Crippen LogP contribution is -2.58. The lowest BCUT2D eigenvalue weighted by Gasteiger charge is -2.37. The van der Waals surface area contributed by atoms with Crippen LogP contribution in [0.5, 0.6) is 0 Å². The van der Waals surface area contributed by atoms with Gasteiger partial charge in [0, 0.05) is 18.9 Å². The summed E-state index contributed by atoms with van der Waals surface area (Å²) in [6.45, 7) is 0.691. The largest absolute Gasteiger partial charge is 0.480 e. The summed E-state index contributed by atoms with van der Waals surface area (Å²) in [6.07, 6.45) is -6.52. The topological polar surface area (TPSA) is 157 Å². The number of rotatable bonds is 5. The van der Waals surface area contributed by atoms with E-state index in [2.05, 4.69) is 17.2 Å². The van der Waals surface area contributed by atoms with Crippen LogP contribution in [0.25, 0.3) is 0 Å². The molecule has 1 aliphatic heterocycles. The summed E-state index contributed by atoms with van der Waals surface area (Å²) in [6, 6.07) is 5.57. The fourth-order valence-corrected chi connectivity index (χ4v) is 2.83. The first-order valence-corrected chi connectivity index (χ1v) is 8.63. The normalized spacial score (nSPS) is 28.0. The summed E-state index contributed by atoms with van der Waals surface area (Å²) in [4.78, 5) is 22.4. The molecular formula is C19H23NO8. The third kappa shape index (κ3) is 5.51. The zero-order valence-electron chi connectivity index (χ0n) is 15.1. The highest BCUT2D eigenvalue weighted by molar-refractivity contribution is 5.82. The van der Waals surface area contributed by atoms with E-state index < -0.39 is 55.0 Å². The first kappa shape index (κ1) is 21.8. The lowest BCUT2D eigenvalue weighted by molar-refractivity contribution is -0.214. The van der Waals surface area contributed by atoms with Crippen molar-refractivity contribution in [1.82, 2.24) is 5.32 Å². The summed E-state index contributed by atoms with van der Waals surface area (Å²) >= 11 is 0. The van der Waals surface area contributed by atoms with Crippen molar-refractivity contribution in [3.63, 3.8) is 0 Å². The summed E-state index contributed by atoms with van der Waals surface area (Å²) in [7, 11) is 0. The summed E-state index contributed by atoms with van der Waals surface area (Å²) in [5.74, 6) is 3.80. The van der Waals surface area contributed by atoms with Crippen molar-refractivity contribution in [3.8, 4) is 11.8 Å². The first-order chi connectivity index (χ1) is 13.2. The van der Waals surface area contributed by atoms with Gasteiger partial charge in [-0.25, -0.2) is 4.79 Å². The van der Waals surface area contributed by atoms with Gasteiger partial charge >= 0.3 is 5.97 Å². The van der Waals surface area contributed by atoms with Crippen molar-refractivity contribution in [2.24, 2.45) is 0 Å². The van der Waals surface area contributed by atoms with E-state index in [4.69, 9.17) is 4.74 Å². The predicted molar refractivity (Wildman–Crippen MR) is 96.0 cm³/mol. The van der Waals surface area contributed by atoms with Crippen LogP contribution in [-0.2, 0) is 20.7 Å². The molecule has 1 amide bonds. The van der Waals surface area contributed by atoms with Crippen molar-refractivity contribution < 1.29 is 39.9 Å². The molecular weight excluding hydrogens is 370 g/mol.